The third-order valence-corrected chi connectivity index (χ3v) is 4.68. The molecule has 3 unspecified atom stereocenters. The van der Waals surface area contributed by atoms with Gasteiger partial charge in [-0.05, 0) is 73.7 Å². The number of rotatable bonds is 4. The first kappa shape index (κ1) is 15.5. The number of hydrogen-bond donors (Lipinski definition) is 1. The molecular formula is C18H28FN. The Labute approximate surface area is 123 Å². The number of benzene rings is 1. The summed E-state index contributed by atoms with van der Waals surface area (Å²) in [7, 11) is 0. The van der Waals surface area contributed by atoms with E-state index in [1.165, 1.54) is 24.8 Å². The zero-order chi connectivity index (χ0) is 14.7. The molecule has 0 amide bonds. The molecule has 1 aliphatic rings. The molecule has 20 heavy (non-hydrogen) atoms. The van der Waals surface area contributed by atoms with Crippen LogP contribution in [0.25, 0.3) is 0 Å². The van der Waals surface area contributed by atoms with Crippen LogP contribution in [0.15, 0.2) is 18.2 Å². The van der Waals surface area contributed by atoms with Crippen molar-refractivity contribution in [2.24, 2.45) is 17.8 Å². The Hall–Kier alpha value is -0.890. The van der Waals surface area contributed by atoms with Gasteiger partial charge in [-0.15, -0.1) is 0 Å². The van der Waals surface area contributed by atoms with Crippen molar-refractivity contribution in [1.82, 2.24) is 5.32 Å². The van der Waals surface area contributed by atoms with Gasteiger partial charge in [0.15, 0.2) is 0 Å². The van der Waals surface area contributed by atoms with Crippen molar-refractivity contribution < 1.29 is 4.39 Å². The molecule has 0 bridgehead atoms. The van der Waals surface area contributed by atoms with Gasteiger partial charge < -0.3 is 5.32 Å². The summed E-state index contributed by atoms with van der Waals surface area (Å²) in [6, 6.07) is 5.60. The van der Waals surface area contributed by atoms with Crippen molar-refractivity contribution in [2.45, 2.75) is 53.0 Å². The molecule has 1 fully saturated rings. The van der Waals surface area contributed by atoms with E-state index in [4.69, 9.17) is 0 Å². The average molecular weight is 277 g/mol. The number of aryl methyl sites for hydroxylation is 1. The van der Waals surface area contributed by atoms with Gasteiger partial charge in [-0.3, -0.25) is 0 Å². The van der Waals surface area contributed by atoms with Crippen LogP contribution in [0.5, 0.6) is 0 Å². The Morgan fingerprint density at radius 2 is 1.85 bits per heavy atom. The molecule has 1 saturated carbocycles. The van der Waals surface area contributed by atoms with E-state index in [0.717, 1.165) is 23.9 Å². The first-order valence-electron chi connectivity index (χ1n) is 8.00. The molecular weight excluding hydrogens is 249 g/mol. The summed E-state index contributed by atoms with van der Waals surface area (Å²) in [4.78, 5) is 0. The topological polar surface area (TPSA) is 12.0 Å². The predicted molar refractivity (Wildman–Crippen MR) is 83.2 cm³/mol. The van der Waals surface area contributed by atoms with Gasteiger partial charge in [0.05, 0.1) is 0 Å². The molecule has 3 atom stereocenters. The molecule has 0 heterocycles. The second kappa shape index (κ2) is 6.71. The molecule has 0 aromatic heterocycles. The highest BCUT2D eigenvalue weighted by Gasteiger charge is 2.31. The molecule has 1 aliphatic carbocycles. The maximum absolute atomic E-state index is 13.3. The molecule has 1 nitrogen and oxygen atoms in total. The highest BCUT2D eigenvalue weighted by atomic mass is 19.1. The summed E-state index contributed by atoms with van der Waals surface area (Å²) < 4.78 is 13.3. The summed E-state index contributed by atoms with van der Waals surface area (Å²) in [6.07, 6.45) is 3.90. The Bertz CT molecular complexity index is 433. The van der Waals surface area contributed by atoms with Crippen LogP contribution >= 0.6 is 0 Å². The van der Waals surface area contributed by atoms with Gasteiger partial charge in [0.2, 0.25) is 0 Å². The Kier molecular flexibility index (Phi) is 5.20. The fourth-order valence-electron chi connectivity index (χ4n) is 4.02. The lowest BCUT2D eigenvalue weighted by Crippen LogP contribution is -2.33. The second-order valence-corrected chi connectivity index (χ2v) is 6.71. The zero-order valence-corrected chi connectivity index (χ0v) is 13.2. The lowest BCUT2D eigenvalue weighted by molar-refractivity contribution is 0.177. The largest absolute Gasteiger partial charge is 0.310 e. The molecule has 2 heteroatoms. The smallest absolute Gasteiger partial charge is 0.123 e. The number of hydrogen-bond acceptors (Lipinski definition) is 1. The molecule has 0 spiro atoms. The van der Waals surface area contributed by atoms with E-state index >= 15 is 0 Å². The van der Waals surface area contributed by atoms with Gasteiger partial charge in [0.25, 0.3) is 0 Å². The summed E-state index contributed by atoms with van der Waals surface area (Å²) in [5.74, 6) is 2.13. The maximum Gasteiger partial charge on any atom is 0.123 e. The summed E-state index contributed by atoms with van der Waals surface area (Å²) in [5.41, 5.74) is 2.35. The van der Waals surface area contributed by atoms with Gasteiger partial charge >= 0.3 is 0 Å². The van der Waals surface area contributed by atoms with Gasteiger partial charge in [-0.25, -0.2) is 4.39 Å². The van der Waals surface area contributed by atoms with Crippen LogP contribution in [0.2, 0.25) is 0 Å². The van der Waals surface area contributed by atoms with Gasteiger partial charge in [-0.2, -0.15) is 0 Å². The Balaban J connectivity index is 2.25. The highest BCUT2D eigenvalue weighted by molar-refractivity contribution is 5.30. The number of nitrogens with one attached hydrogen (secondary N) is 1. The van der Waals surface area contributed by atoms with Crippen LogP contribution in [0, 0.1) is 30.5 Å². The van der Waals surface area contributed by atoms with Crippen LogP contribution in [-0.2, 0) is 0 Å². The minimum Gasteiger partial charge on any atom is -0.310 e. The quantitative estimate of drug-likeness (QED) is 0.829. The SMILES string of the molecule is CCNC(c1ccc(F)cc1C)C1CC(C)CC(C)C1. The molecule has 2 rings (SSSR count). The van der Waals surface area contributed by atoms with Crippen molar-refractivity contribution >= 4 is 0 Å². The predicted octanol–water partition coefficient (Wildman–Crippen LogP) is 4.86. The van der Waals surface area contributed by atoms with Crippen molar-refractivity contribution in [3.05, 3.63) is 35.1 Å². The Morgan fingerprint density at radius 3 is 2.40 bits per heavy atom. The minimum absolute atomic E-state index is 0.133. The van der Waals surface area contributed by atoms with E-state index in [2.05, 4.69) is 26.1 Å². The lowest BCUT2D eigenvalue weighted by atomic mass is 9.72. The first-order valence-corrected chi connectivity index (χ1v) is 8.00. The summed E-state index contributed by atoms with van der Waals surface area (Å²) in [6.45, 7) is 9.87. The lowest BCUT2D eigenvalue weighted by Gasteiger charge is -2.37. The van der Waals surface area contributed by atoms with Crippen LogP contribution in [0.1, 0.15) is 57.2 Å². The standard InChI is InChI=1S/C18H28FN/c1-5-20-18(15-9-12(2)8-13(3)10-15)17-7-6-16(19)11-14(17)4/h6-7,11-13,15,18,20H,5,8-10H2,1-4H3. The van der Waals surface area contributed by atoms with Crippen molar-refractivity contribution in [2.75, 3.05) is 6.54 Å². The fourth-order valence-corrected chi connectivity index (χ4v) is 4.02. The van der Waals surface area contributed by atoms with Gasteiger partial charge in [-0.1, -0.05) is 26.8 Å². The molecule has 0 aliphatic heterocycles. The van der Waals surface area contributed by atoms with E-state index in [9.17, 15) is 4.39 Å². The van der Waals surface area contributed by atoms with E-state index in [0.29, 0.717) is 12.0 Å². The highest BCUT2D eigenvalue weighted by Crippen LogP contribution is 2.40. The van der Waals surface area contributed by atoms with Gasteiger partial charge in [0, 0.05) is 6.04 Å². The first-order chi connectivity index (χ1) is 9.51. The molecule has 1 N–H and O–H groups in total. The third kappa shape index (κ3) is 3.60. The second-order valence-electron chi connectivity index (χ2n) is 6.71. The van der Waals surface area contributed by atoms with E-state index in [1.54, 1.807) is 12.1 Å². The zero-order valence-electron chi connectivity index (χ0n) is 13.2. The van der Waals surface area contributed by atoms with E-state index < -0.39 is 0 Å². The average Bonchev–Trinajstić information content (AvgIpc) is 2.35. The van der Waals surface area contributed by atoms with E-state index in [1.807, 2.05) is 13.0 Å². The number of halogens is 1. The van der Waals surface area contributed by atoms with Crippen LogP contribution in [0.3, 0.4) is 0 Å². The van der Waals surface area contributed by atoms with Gasteiger partial charge in [0.1, 0.15) is 5.82 Å². The maximum atomic E-state index is 13.3. The van der Waals surface area contributed by atoms with Crippen LogP contribution in [0.4, 0.5) is 4.39 Å². The van der Waals surface area contributed by atoms with E-state index in [-0.39, 0.29) is 5.82 Å². The normalized spacial score (nSPS) is 28.4. The van der Waals surface area contributed by atoms with Crippen molar-refractivity contribution in [3.8, 4) is 0 Å². The Morgan fingerprint density at radius 1 is 1.20 bits per heavy atom. The molecule has 0 saturated heterocycles. The summed E-state index contributed by atoms with van der Waals surface area (Å²) in [5, 5.41) is 3.65. The molecule has 112 valence electrons. The van der Waals surface area contributed by atoms with Crippen molar-refractivity contribution in [1.29, 1.82) is 0 Å². The third-order valence-electron chi connectivity index (χ3n) is 4.68. The summed E-state index contributed by atoms with van der Waals surface area (Å²) >= 11 is 0. The molecule has 0 radical (unpaired) electrons. The van der Waals surface area contributed by atoms with Crippen LogP contribution < -0.4 is 5.32 Å². The fraction of sp³-hybridized carbons (Fsp3) is 0.667. The van der Waals surface area contributed by atoms with Crippen molar-refractivity contribution in [3.63, 3.8) is 0 Å². The molecule has 1 aromatic rings. The van der Waals surface area contributed by atoms with Crippen LogP contribution in [-0.4, -0.2) is 6.54 Å². The minimum atomic E-state index is -0.133. The molecule has 1 aromatic carbocycles. The monoisotopic (exact) mass is 277 g/mol.